The minimum atomic E-state index is 0. The number of rotatable bonds is 6. The van der Waals surface area contributed by atoms with Gasteiger partial charge in [-0.15, -0.1) is 24.8 Å². The number of halogens is 2. The molecule has 0 atom stereocenters. The van der Waals surface area contributed by atoms with E-state index in [0.717, 1.165) is 51.1 Å². The van der Waals surface area contributed by atoms with Gasteiger partial charge in [0.05, 0.1) is 0 Å². The van der Waals surface area contributed by atoms with E-state index in [9.17, 15) is 4.79 Å². The van der Waals surface area contributed by atoms with Gasteiger partial charge in [-0.25, -0.2) is 0 Å². The molecule has 3 nitrogen and oxygen atoms in total. The fraction of sp³-hybridized carbons (Fsp3) is 0.500. The van der Waals surface area contributed by atoms with E-state index in [1.165, 1.54) is 41.5 Å². The van der Waals surface area contributed by atoms with Crippen molar-refractivity contribution in [1.82, 2.24) is 10.2 Å². The summed E-state index contributed by atoms with van der Waals surface area (Å²) in [6.07, 6.45) is 6.46. The number of hydrogen-bond donors (Lipinski definition) is 1. The van der Waals surface area contributed by atoms with Crippen molar-refractivity contribution in [3.63, 3.8) is 0 Å². The molecule has 1 fully saturated rings. The Morgan fingerprint density at radius 3 is 2.61 bits per heavy atom. The van der Waals surface area contributed by atoms with Crippen LogP contribution in [-0.2, 0) is 19.5 Å². The molecule has 5 heteroatoms. The number of likely N-dealkylation sites (tertiary alicyclic amines) is 1. The molecule has 0 spiro atoms. The highest BCUT2D eigenvalue weighted by atomic mass is 35.5. The summed E-state index contributed by atoms with van der Waals surface area (Å²) >= 11 is 0. The van der Waals surface area contributed by atoms with Crippen molar-refractivity contribution in [3.8, 4) is 0 Å². The second kappa shape index (κ2) is 12.6. The van der Waals surface area contributed by atoms with E-state index >= 15 is 0 Å². The number of ketones is 1. The summed E-state index contributed by atoms with van der Waals surface area (Å²) in [5.74, 6) is 1.01. The minimum Gasteiger partial charge on any atom is -0.313 e. The number of fused-ring (bicyclic) bond motifs is 1. The predicted molar refractivity (Wildman–Crippen MR) is 134 cm³/mol. The van der Waals surface area contributed by atoms with E-state index in [1.807, 2.05) is 0 Å². The van der Waals surface area contributed by atoms with Crippen LogP contribution in [0.5, 0.6) is 0 Å². The van der Waals surface area contributed by atoms with Crippen LogP contribution in [0.3, 0.4) is 0 Å². The summed E-state index contributed by atoms with van der Waals surface area (Å²) < 4.78 is 0. The van der Waals surface area contributed by atoms with Gasteiger partial charge in [-0.1, -0.05) is 36.4 Å². The molecule has 2 aromatic rings. The number of Topliss-reactive ketones (excluding diaryl/α,β-unsaturated/α-hetero) is 1. The molecular weight excluding hydrogens is 427 g/mol. The van der Waals surface area contributed by atoms with Gasteiger partial charge in [-0.3, -0.25) is 9.69 Å². The third kappa shape index (κ3) is 7.05. The number of piperidine rings is 1. The van der Waals surface area contributed by atoms with Gasteiger partial charge in [0.25, 0.3) is 0 Å². The third-order valence-electron chi connectivity index (χ3n) is 6.79. The molecular formula is C26H36Cl2N2O. The molecule has 0 aliphatic carbocycles. The molecule has 0 saturated carbocycles. The average molecular weight is 463 g/mol. The lowest BCUT2D eigenvalue weighted by Gasteiger charge is -2.32. The van der Waals surface area contributed by atoms with E-state index in [0.29, 0.717) is 18.1 Å². The summed E-state index contributed by atoms with van der Waals surface area (Å²) in [5, 5.41) is 3.46. The van der Waals surface area contributed by atoms with E-state index in [4.69, 9.17) is 0 Å². The van der Waals surface area contributed by atoms with E-state index < -0.39 is 0 Å². The first-order valence-corrected chi connectivity index (χ1v) is 11.3. The highest BCUT2D eigenvalue weighted by molar-refractivity contribution is 5.96. The molecule has 0 bridgehead atoms. The number of hydrogen-bond acceptors (Lipinski definition) is 3. The van der Waals surface area contributed by atoms with Gasteiger partial charge in [0.1, 0.15) is 0 Å². The standard InChI is InChI=1S/C26H34N2O.2ClH/c1-20-5-2-3-6-24(20)19-28-15-12-21(13-16-28)8-11-26(29)23-10-9-22-7-4-14-27-18-25(22)17-23;;/h2-3,5-6,9-10,17,21,27H,4,7-8,11-16,18-19H2,1H3;2*1H. The number of carbonyl (C=O) groups excluding carboxylic acids is 1. The molecule has 0 radical (unpaired) electrons. The second-order valence-electron chi connectivity index (χ2n) is 8.87. The fourth-order valence-electron chi connectivity index (χ4n) is 4.78. The first-order chi connectivity index (χ1) is 14.2. The van der Waals surface area contributed by atoms with Gasteiger partial charge in [-0.05, 0) is 92.9 Å². The Bertz CT molecular complexity index is 847. The van der Waals surface area contributed by atoms with Crippen molar-refractivity contribution in [2.24, 2.45) is 5.92 Å². The first kappa shape index (κ1) is 25.9. The molecule has 2 aliphatic heterocycles. The van der Waals surface area contributed by atoms with Gasteiger partial charge >= 0.3 is 0 Å². The SMILES string of the molecule is Cc1ccccc1CN1CCC(CCC(=O)c2ccc3c(c2)CNCCC3)CC1.Cl.Cl. The molecule has 0 aromatic heterocycles. The van der Waals surface area contributed by atoms with Crippen molar-refractivity contribution < 1.29 is 4.79 Å². The summed E-state index contributed by atoms with van der Waals surface area (Å²) in [6, 6.07) is 15.1. The molecule has 0 unspecified atom stereocenters. The first-order valence-electron chi connectivity index (χ1n) is 11.3. The van der Waals surface area contributed by atoms with E-state index in [1.54, 1.807) is 0 Å². The van der Waals surface area contributed by atoms with Crippen molar-refractivity contribution in [3.05, 3.63) is 70.3 Å². The molecule has 1 saturated heterocycles. The summed E-state index contributed by atoms with van der Waals surface area (Å²) in [7, 11) is 0. The molecule has 170 valence electrons. The molecule has 4 rings (SSSR count). The highest BCUT2D eigenvalue weighted by Gasteiger charge is 2.21. The molecule has 2 aromatic carbocycles. The maximum Gasteiger partial charge on any atom is 0.162 e. The molecule has 2 heterocycles. The van der Waals surface area contributed by atoms with Crippen LogP contribution >= 0.6 is 24.8 Å². The van der Waals surface area contributed by atoms with E-state index in [-0.39, 0.29) is 24.8 Å². The Hall–Kier alpha value is -1.39. The number of benzene rings is 2. The normalized spacial score (nSPS) is 17.1. The minimum absolute atomic E-state index is 0. The summed E-state index contributed by atoms with van der Waals surface area (Å²) in [6.45, 7) is 7.53. The van der Waals surface area contributed by atoms with Gasteiger partial charge in [-0.2, -0.15) is 0 Å². The Balaban J connectivity index is 0.00000171. The Labute approximate surface area is 199 Å². The predicted octanol–water partition coefficient (Wildman–Crippen LogP) is 5.75. The molecule has 31 heavy (non-hydrogen) atoms. The van der Waals surface area contributed by atoms with Crippen LogP contribution in [-0.4, -0.2) is 30.3 Å². The molecule has 2 aliphatic rings. The molecule has 0 amide bonds. The Morgan fingerprint density at radius 2 is 1.84 bits per heavy atom. The summed E-state index contributed by atoms with van der Waals surface area (Å²) in [5.41, 5.74) is 6.46. The van der Waals surface area contributed by atoms with Crippen molar-refractivity contribution in [2.75, 3.05) is 19.6 Å². The van der Waals surface area contributed by atoms with Crippen LogP contribution < -0.4 is 5.32 Å². The van der Waals surface area contributed by atoms with Crippen LogP contribution in [0.2, 0.25) is 0 Å². The van der Waals surface area contributed by atoms with Crippen molar-refractivity contribution in [2.45, 2.75) is 58.5 Å². The van der Waals surface area contributed by atoms with Crippen LogP contribution in [0, 0.1) is 12.8 Å². The third-order valence-corrected chi connectivity index (χ3v) is 6.79. The number of nitrogens with zero attached hydrogens (tertiary/aromatic N) is 1. The Kier molecular flexibility index (Phi) is 10.5. The lowest BCUT2D eigenvalue weighted by Crippen LogP contribution is -2.33. The second-order valence-corrected chi connectivity index (χ2v) is 8.87. The lowest BCUT2D eigenvalue weighted by molar-refractivity contribution is 0.0961. The van der Waals surface area contributed by atoms with Gasteiger partial charge in [0.2, 0.25) is 0 Å². The van der Waals surface area contributed by atoms with Crippen LogP contribution in [0.15, 0.2) is 42.5 Å². The number of nitrogens with one attached hydrogen (secondary N) is 1. The van der Waals surface area contributed by atoms with Gasteiger partial charge in [0.15, 0.2) is 5.78 Å². The number of aryl methyl sites for hydroxylation is 2. The molecule has 1 N–H and O–H groups in total. The fourth-order valence-corrected chi connectivity index (χ4v) is 4.78. The monoisotopic (exact) mass is 462 g/mol. The maximum atomic E-state index is 12.8. The average Bonchev–Trinajstić information content (AvgIpc) is 2.99. The zero-order valence-corrected chi connectivity index (χ0v) is 20.2. The van der Waals surface area contributed by atoms with Crippen molar-refractivity contribution in [1.29, 1.82) is 0 Å². The zero-order valence-electron chi connectivity index (χ0n) is 18.6. The van der Waals surface area contributed by atoms with Crippen LogP contribution in [0.1, 0.15) is 64.7 Å². The van der Waals surface area contributed by atoms with Crippen molar-refractivity contribution >= 4 is 30.6 Å². The smallest absolute Gasteiger partial charge is 0.162 e. The van der Waals surface area contributed by atoms with E-state index in [2.05, 4.69) is 59.6 Å². The van der Waals surface area contributed by atoms with Gasteiger partial charge in [0, 0.05) is 25.1 Å². The number of carbonyl (C=O) groups is 1. The lowest BCUT2D eigenvalue weighted by atomic mass is 9.89. The summed E-state index contributed by atoms with van der Waals surface area (Å²) in [4.78, 5) is 15.3. The van der Waals surface area contributed by atoms with Crippen LogP contribution in [0.25, 0.3) is 0 Å². The zero-order chi connectivity index (χ0) is 20.1. The highest BCUT2D eigenvalue weighted by Crippen LogP contribution is 2.25. The quantitative estimate of drug-likeness (QED) is 0.554. The topological polar surface area (TPSA) is 32.3 Å². The van der Waals surface area contributed by atoms with Gasteiger partial charge < -0.3 is 5.32 Å². The maximum absolute atomic E-state index is 12.8. The largest absolute Gasteiger partial charge is 0.313 e. The Morgan fingerprint density at radius 1 is 1.06 bits per heavy atom. The van der Waals surface area contributed by atoms with Crippen LogP contribution in [0.4, 0.5) is 0 Å².